The Hall–Kier alpha value is -1.31. The molecule has 16 heavy (non-hydrogen) atoms. The average molecular weight is 220 g/mol. The summed E-state index contributed by atoms with van der Waals surface area (Å²) in [5, 5.41) is 0. The summed E-state index contributed by atoms with van der Waals surface area (Å²) < 4.78 is 4.73. The van der Waals surface area contributed by atoms with E-state index in [4.69, 9.17) is 4.74 Å². The van der Waals surface area contributed by atoms with E-state index < -0.39 is 0 Å². The first-order valence-electron chi connectivity index (χ1n) is 5.72. The van der Waals surface area contributed by atoms with Gasteiger partial charge in [0.15, 0.2) is 0 Å². The van der Waals surface area contributed by atoms with Crippen molar-refractivity contribution in [3.63, 3.8) is 0 Å². The van der Waals surface area contributed by atoms with Crippen LogP contribution in [0, 0.1) is 13.8 Å². The molecule has 1 aromatic carbocycles. The predicted molar refractivity (Wildman–Crippen MR) is 65.6 cm³/mol. The Kier molecular flexibility index (Phi) is 4.53. The summed E-state index contributed by atoms with van der Waals surface area (Å²) >= 11 is 0. The normalized spacial score (nSPS) is 12.2. The highest BCUT2D eigenvalue weighted by Gasteiger charge is 2.16. The molecule has 0 saturated heterocycles. The van der Waals surface area contributed by atoms with Gasteiger partial charge in [0.25, 0.3) is 0 Å². The monoisotopic (exact) mass is 220 g/mol. The highest BCUT2D eigenvalue weighted by Crippen LogP contribution is 2.27. The first-order chi connectivity index (χ1) is 7.58. The van der Waals surface area contributed by atoms with Crippen LogP contribution in [0.4, 0.5) is 0 Å². The number of benzene rings is 1. The molecule has 0 bridgehead atoms. The molecule has 0 radical (unpaired) electrons. The number of methoxy groups -OCH3 is 1. The van der Waals surface area contributed by atoms with Crippen molar-refractivity contribution in [3.8, 4) is 0 Å². The third kappa shape index (κ3) is 3.09. The molecule has 1 aromatic rings. The van der Waals surface area contributed by atoms with E-state index in [1.807, 2.05) is 0 Å². The zero-order chi connectivity index (χ0) is 12.1. The van der Waals surface area contributed by atoms with Crippen LogP contribution in [0.2, 0.25) is 0 Å². The maximum Gasteiger partial charge on any atom is 0.306 e. The van der Waals surface area contributed by atoms with Gasteiger partial charge in [0, 0.05) is 0 Å². The number of carbonyl (C=O) groups is 1. The Morgan fingerprint density at radius 1 is 1.38 bits per heavy atom. The second kappa shape index (κ2) is 5.69. The molecule has 0 fully saturated rings. The smallest absolute Gasteiger partial charge is 0.306 e. The molecule has 0 aromatic heterocycles. The second-order valence-electron chi connectivity index (χ2n) is 4.25. The largest absolute Gasteiger partial charge is 0.469 e. The predicted octanol–water partition coefficient (Wildman–Crippen LogP) is 3.36. The summed E-state index contributed by atoms with van der Waals surface area (Å²) in [5.41, 5.74) is 3.78. The zero-order valence-corrected chi connectivity index (χ0v) is 10.5. The third-order valence-electron chi connectivity index (χ3n) is 3.00. The second-order valence-corrected chi connectivity index (χ2v) is 4.25. The minimum atomic E-state index is -0.133. The molecule has 0 heterocycles. The van der Waals surface area contributed by atoms with Crippen LogP contribution in [-0.4, -0.2) is 13.1 Å². The molecule has 88 valence electrons. The number of hydrogen-bond acceptors (Lipinski definition) is 2. The number of aryl methyl sites for hydroxylation is 2. The van der Waals surface area contributed by atoms with Gasteiger partial charge in [-0.3, -0.25) is 4.79 Å². The van der Waals surface area contributed by atoms with Gasteiger partial charge in [-0.25, -0.2) is 0 Å². The van der Waals surface area contributed by atoms with Gasteiger partial charge in [0.1, 0.15) is 0 Å². The summed E-state index contributed by atoms with van der Waals surface area (Å²) in [5.74, 6) is 0.139. The molecule has 0 aliphatic carbocycles. The fourth-order valence-corrected chi connectivity index (χ4v) is 2.04. The Balaban J connectivity index is 2.90. The fourth-order valence-electron chi connectivity index (χ4n) is 2.04. The molecule has 0 amide bonds. The molecule has 0 N–H and O–H groups in total. The van der Waals surface area contributed by atoms with Crippen molar-refractivity contribution in [2.45, 2.75) is 39.5 Å². The summed E-state index contributed by atoms with van der Waals surface area (Å²) in [6.07, 6.45) is 1.43. The molecular weight excluding hydrogens is 200 g/mol. The molecular formula is C14H20O2. The van der Waals surface area contributed by atoms with Crippen molar-refractivity contribution < 1.29 is 9.53 Å². The van der Waals surface area contributed by atoms with Crippen LogP contribution in [0.25, 0.3) is 0 Å². The SMILES string of the molecule is CCC(CC(=O)OC)c1ccc(C)cc1C. The van der Waals surface area contributed by atoms with Crippen LogP contribution in [-0.2, 0) is 9.53 Å². The van der Waals surface area contributed by atoms with Crippen molar-refractivity contribution >= 4 is 5.97 Å². The van der Waals surface area contributed by atoms with Gasteiger partial charge in [0.05, 0.1) is 13.5 Å². The van der Waals surface area contributed by atoms with E-state index in [-0.39, 0.29) is 11.9 Å². The number of esters is 1. The minimum absolute atomic E-state index is 0.133. The van der Waals surface area contributed by atoms with Crippen molar-refractivity contribution in [3.05, 3.63) is 34.9 Å². The maximum atomic E-state index is 11.3. The lowest BCUT2D eigenvalue weighted by Gasteiger charge is -2.17. The molecule has 2 nitrogen and oxygen atoms in total. The topological polar surface area (TPSA) is 26.3 Å². The lowest BCUT2D eigenvalue weighted by Crippen LogP contribution is -2.09. The standard InChI is InChI=1S/C14H20O2/c1-5-12(9-14(15)16-4)13-7-6-10(2)8-11(13)3/h6-8,12H,5,9H2,1-4H3. The Morgan fingerprint density at radius 2 is 2.06 bits per heavy atom. The van der Waals surface area contributed by atoms with Crippen LogP contribution < -0.4 is 0 Å². The Labute approximate surface area is 97.6 Å². The van der Waals surface area contributed by atoms with Crippen LogP contribution in [0.1, 0.15) is 42.4 Å². The average Bonchev–Trinajstić information content (AvgIpc) is 2.26. The maximum absolute atomic E-state index is 11.3. The van der Waals surface area contributed by atoms with Gasteiger partial charge >= 0.3 is 5.97 Å². The van der Waals surface area contributed by atoms with Crippen molar-refractivity contribution in [1.29, 1.82) is 0 Å². The van der Waals surface area contributed by atoms with E-state index in [1.54, 1.807) is 0 Å². The number of hydrogen-bond donors (Lipinski definition) is 0. The van der Waals surface area contributed by atoms with E-state index >= 15 is 0 Å². The van der Waals surface area contributed by atoms with E-state index in [2.05, 4.69) is 39.0 Å². The summed E-state index contributed by atoms with van der Waals surface area (Å²) in [6.45, 7) is 6.28. The highest BCUT2D eigenvalue weighted by atomic mass is 16.5. The van der Waals surface area contributed by atoms with Crippen LogP contribution in [0.15, 0.2) is 18.2 Å². The van der Waals surface area contributed by atoms with E-state index in [0.29, 0.717) is 6.42 Å². The molecule has 0 aliphatic rings. The highest BCUT2D eigenvalue weighted by molar-refractivity contribution is 5.70. The molecule has 1 rings (SSSR count). The third-order valence-corrected chi connectivity index (χ3v) is 3.00. The van der Waals surface area contributed by atoms with Gasteiger partial charge in [-0.15, -0.1) is 0 Å². The summed E-state index contributed by atoms with van der Waals surface area (Å²) in [4.78, 5) is 11.3. The Morgan fingerprint density at radius 3 is 2.56 bits per heavy atom. The van der Waals surface area contributed by atoms with Gasteiger partial charge in [0.2, 0.25) is 0 Å². The zero-order valence-electron chi connectivity index (χ0n) is 10.5. The number of ether oxygens (including phenoxy) is 1. The summed E-state index contributed by atoms with van der Waals surface area (Å²) in [7, 11) is 1.44. The molecule has 0 spiro atoms. The molecule has 1 atom stereocenters. The first-order valence-corrected chi connectivity index (χ1v) is 5.72. The van der Waals surface area contributed by atoms with Gasteiger partial charge in [-0.05, 0) is 37.3 Å². The Bertz CT molecular complexity index is 369. The molecule has 1 unspecified atom stereocenters. The van der Waals surface area contributed by atoms with Crippen LogP contribution in [0.3, 0.4) is 0 Å². The van der Waals surface area contributed by atoms with Crippen molar-refractivity contribution in [2.24, 2.45) is 0 Å². The summed E-state index contributed by atoms with van der Waals surface area (Å²) in [6, 6.07) is 6.39. The quantitative estimate of drug-likeness (QED) is 0.727. The van der Waals surface area contributed by atoms with Crippen LogP contribution in [0.5, 0.6) is 0 Å². The molecule has 0 saturated carbocycles. The fraction of sp³-hybridized carbons (Fsp3) is 0.500. The van der Waals surface area contributed by atoms with Crippen LogP contribution >= 0.6 is 0 Å². The van der Waals surface area contributed by atoms with E-state index in [0.717, 1.165) is 6.42 Å². The number of carbonyl (C=O) groups excluding carboxylic acids is 1. The van der Waals surface area contributed by atoms with Gasteiger partial charge in [-0.1, -0.05) is 30.7 Å². The molecule has 2 heteroatoms. The lowest BCUT2D eigenvalue weighted by molar-refractivity contribution is -0.141. The lowest BCUT2D eigenvalue weighted by atomic mass is 9.89. The van der Waals surface area contributed by atoms with Gasteiger partial charge < -0.3 is 4.74 Å². The van der Waals surface area contributed by atoms with Crippen molar-refractivity contribution in [2.75, 3.05) is 7.11 Å². The van der Waals surface area contributed by atoms with E-state index in [9.17, 15) is 4.79 Å². The first kappa shape index (κ1) is 12.8. The van der Waals surface area contributed by atoms with Gasteiger partial charge in [-0.2, -0.15) is 0 Å². The molecule has 0 aliphatic heterocycles. The van der Waals surface area contributed by atoms with Crippen molar-refractivity contribution in [1.82, 2.24) is 0 Å². The minimum Gasteiger partial charge on any atom is -0.469 e. The number of rotatable bonds is 4. The van der Waals surface area contributed by atoms with E-state index in [1.165, 1.54) is 23.8 Å².